The van der Waals surface area contributed by atoms with Crippen molar-refractivity contribution in [2.75, 3.05) is 0 Å². The number of imidazole rings is 2. The summed E-state index contributed by atoms with van der Waals surface area (Å²) >= 11 is 0. The van der Waals surface area contributed by atoms with Crippen LogP contribution in [-0.2, 0) is 26.2 Å². The van der Waals surface area contributed by atoms with E-state index in [4.69, 9.17) is 0 Å². The van der Waals surface area contributed by atoms with Crippen molar-refractivity contribution in [3.63, 3.8) is 0 Å². The highest BCUT2D eigenvalue weighted by Gasteiger charge is 2.04. The number of nitrogens with zero attached hydrogens (tertiary/aromatic N) is 4. The van der Waals surface area contributed by atoms with Crippen LogP contribution in [0.1, 0.15) is 20.3 Å². The molecule has 2 heterocycles. The van der Waals surface area contributed by atoms with Crippen molar-refractivity contribution in [3.05, 3.63) is 37.4 Å². The van der Waals surface area contributed by atoms with Crippen LogP contribution in [0.5, 0.6) is 0 Å². The maximum absolute atomic E-state index is 2.25. The second kappa shape index (κ2) is 5.66. The Morgan fingerprint density at radius 2 is 1.65 bits per heavy atom. The lowest BCUT2D eigenvalue weighted by molar-refractivity contribution is -0.697. The molecular weight excluding hydrogens is 212 g/mol. The quantitative estimate of drug-likeness (QED) is 0.664. The summed E-state index contributed by atoms with van der Waals surface area (Å²) in [6.45, 7) is 8.57. The highest BCUT2D eigenvalue weighted by atomic mass is 15.1. The zero-order chi connectivity index (χ0) is 12.1. The van der Waals surface area contributed by atoms with E-state index in [0.717, 1.165) is 32.6 Å². The number of rotatable bonds is 6. The van der Waals surface area contributed by atoms with Crippen molar-refractivity contribution in [2.45, 2.75) is 46.4 Å². The van der Waals surface area contributed by atoms with E-state index in [9.17, 15) is 0 Å². The fourth-order valence-electron chi connectivity index (χ4n) is 1.95. The van der Waals surface area contributed by atoms with Crippen molar-refractivity contribution in [1.29, 1.82) is 0 Å². The van der Waals surface area contributed by atoms with Crippen LogP contribution in [0.15, 0.2) is 37.4 Å². The zero-order valence-electron chi connectivity index (χ0n) is 10.8. The topological polar surface area (TPSA) is 17.6 Å². The largest absolute Gasteiger partial charge is 0.243 e. The molecule has 2 rings (SSSR count). The molecule has 17 heavy (non-hydrogen) atoms. The minimum atomic E-state index is 1.04. The molecule has 92 valence electrons. The summed E-state index contributed by atoms with van der Waals surface area (Å²) in [6, 6.07) is 0. The Labute approximate surface area is 103 Å². The van der Waals surface area contributed by atoms with E-state index in [0.29, 0.717) is 0 Å². The van der Waals surface area contributed by atoms with Crippen LogP contribution in [-0.4, -0.2) is 9.13 Å². The lowest BCUT2D eigenvalue weighted by Crippen LogP contribution is -2.32. The third kappa shape index (κ3) is 3.19. The predicted molar refractivity (Wildman–Crippen MR) is 65.2 cm³/mol. The molecule has 0 N–H and O–H groups in total. The van der Waals surface area contributed by atoms with Crippen molar-refractivity contribution in [2.24, 2.45) is 0 Å². The smallest absolute Gasteiger partial charge is 0.237 e. The van der Waals surface area contributed by atoms with Crippen molar-refractivity contribution >= 4 is 0 Å². The third-order valence-electron chi connectivity index (χ3n) is 3.06. The second-order valence-corrected chi connectivity index (χ2v) is 4.32. The summed E-state index contributed by atoms with van der Waals surface area (Å²) in [7, 11) is 0. The van der Waals surface area contributed by atoms with Gasteiger partial charge in [0.1, 0.15) is 24.8 Å². The average Bonchev–Trinajstić information content (AvgIpc) is 2.97. The molecule has 0 fully saturated rings. The van der Waals surface area contributed by atoms with Gasteiger partial charge in [0.05, 0.1) is 26.2 Å². The zero-order valence-corrected chi connectivity index (χ0v) is 10.8. The number of aromatic nitrogens is 4. The first-order chi connectivity index (χ1) is 8.31. The van der Waals surface area contributed by atoms with Gasteiger partial charge in [-0.15, -0.1) is 0 Å². The van der Waals surface area contributed by atoms with E-state index >= 15 is 0 Å². The Morgan fingerprint density at radius 1 is 0.941 bits per heavy atom. The third-order valence-corrected chi connectivity index (χ3v) is 3.06. The summed E-state index contributed by atoms with van der Waals surface area (Å²) in [4.78, 5) is 0. The predicted octanol–water partition coefficient (Wildman–Crippen LogP) is 0.995. The second-order valence-electron chi connectivity index (χ2n) is 4.32. The van der Waals surface area contributed by atoms with Crippen molar-refractivity contribution in [1.82, 2.24) is 9.13 Å². The molecule has 0 aliphatic carbocycles. The maximum atomic E-state index is 2.25. The van der Waals surface area contributed by atoms with Crippen molar-refractivity contribution < 1.29 is 9.13 Å². The highest BCUT2D eigenvalue weighted by Crippen LogP contribution is 1.91. The van der Waals surface area contributed by atoms with Gasteiger partial charge in [-0.2, -0.15) is 0 Å². The number of hydrogen-bond acceptors (Lipinski definition) is 0. The molecule has 0 unspecified atom stereocenters. The summed E-state index contributed by atoms with van der Waals surface area (Å²) in [5.41, 5.74) is 0. The molecule has 0 aromatic carbocycles. The van der Waals surface area contributed by atoms with Crippen LogP contribution in [0.25, 0.3) is 0 Å². The van der Waals surface area contributed by atoms with Gasteiger partial charge in [0.2, 0.25) is 12.7 Å². The summed E-state index contributed by atoms with van der Waals surface area (Å²) < 4.78 is 8.89. The van der Waals surface area contributed by atoms with E-state index in [1.807, 2.05) is 0 Å². The van der Waals surface area contributed by atoms with Crippen LogP contribution in [0.3, 0.4) is 0 Å². The van der Waals surface area contributed by atoms with Gasteiger partial charge < -0.3 is 0 Å². The van der Waals surface area contributed by atoms with E-state index in [-0.39, 0.29) is 0 Å². The number of hydrogen-bond donors (Lipinski definition) is 0. The lowest BCUT2D eigenvalue weighted by atomic mass is 10.4. The molecule has 0 aliphatic rings. The first-order valence-corrected chi connectivity index (χ1v) is 6.41. The lowest BCUT2D eigenvalue weighted by Gasteiger charge is -1.95. The van der Waals surface area contributed by atoms with E-state index in [1.165, 1.54) is 0 Å². The van der Waals surface area contributed by atoms with Gasteiger partial charge in [-0.05, 0) is 13.8 Å². The Balaban J connectivity index is 1.79. The molecule has 0 bridgehead atoms. The maximum Gasteiger partial charge on any atom is 0.243 e. The van der Waals surface area contributed by atoms with E-state index < -0.39 is 0 Å². The highest BCUT2D eigenvalue weighted by molar-refractivity contribution is 4.66. The first-order valence-electron chi connectivity index (χ1n) is 6.41. The van der Waals surface area contributed by atoms with Crippen LogP contribution < -0.4 is 9.13 Å². The summed E-state index contributed by atoms with van der Waals surface area (Å²) in [6.07, 6.45) is 14.0. The Hall–Kier alpha value is -1.58. The molecule has 0 radical (unpaired) electrons. The molecule has 0 aliphatic heterocycles. The fraction of sp³-hybridized carbons (Fsp3) is 0.538. The van der Waals surface area contributed by atoms with Gasteiger partial charge in [-0.1, -0.05) is 0 Å². The van der Waals surface area contributed by atoms with Crippen LogP contribution in [0, 0.1) is 0 Å². The molecule has 0 atom stereocenters. The molecule has 0 amide bonds. The fourth-order valence-corrected chi connectivity index (χ4v) is 1.95. The van der Waals surface area contributed by atoms with E-state index in [1.54, 1.807) is 0 Å². The van der Waals surface area contributed by atoms with Gasteiger partial charge in [-0.3, -0.25) is 0 Å². The average molecular weight is 234 g/mol. The van der Waals surface area contributed by atoms with Gasteiger partial charge in [0.15, 0.2) is 0 Å². The molecule has 2 aromatic heterocycles. The molecular formula is C13H22N4+2. The molecule has 0 saturated heterocycles. The number of aryl methyl sites for hydroxylation is 4. The van der Waals surface area contributed by atoms with Gasteiger partial charge >= 0.3 is 0 Å². The minimum Gasteiger partial charge on any atom is -0.237 e. The van der Waals surface area contributed by atoms with E-state index in [2.05, 4.69) is 69.6 Å². The molecule has 0 saturated carbocycles. The minimum absolute atomic E-state index is 1.04. The van der Waals surface area contributed by atoms with Crippen LogP contribution in [0.4, 0.5) is 0 Å². The normalized spacial score (nSPS) is 10.9. The van der Waals surface area contributed by atoms with Gasteiger partial charge in [0, 0.05) is 6.42 Å². The molecule has 4 nitrogen and oxygen atoms in total. The van der Waals surface area contributed by atoms with Crippen LogP contribution >= 0.6 is 0 Å². The van der Waals surface area contributed by atoms with Gasteiger partial charge in [0.25, 0.3) is 0 Å². The SMILES string of the molecule is CCn1cc[n+](CCCn2cc[n+](CC)c2)c1. The standard InChI is InChI=1S/C13H22N4/c1-3-14-8-10-16(12-14)6-5-7-17-11-9-15(4-2)13-17/h8-13H,3-7H2,1-2H3/q+2. The van der Waals surface area contributed by atoms with Crippen LogP contribution in [0.2, 0.25) is 0 Å². The van der Waals surface area contributed by atoms with Gasteiger partial charge in [-0.25, -0.2) is 18.3 Å². The molecule has 0 spiro atoms. The monoisotopic (exact) mass is 234 g/mol. The summed E-state index contributed by atoms with van der Waals surface area (Å²) in [5, 5.41) is 0. The summed E-state index contributed by atoms with van der Waals surface area (Å²) in [5.74, 6) is 0. The first kappa shape index (κ1) is 11.9. The molecule has 4 heteroatoms. The van der Waals surface area contributed by atoms with Crippen molar-refractivity contribution in [3.8, 4) is 0 Å². The Morgan fingerprint density at radius 3 is 2.29 bits per heavy atom. The molecule has 2 aromatic rings. The Kier molecular flexibility index (Phi) is 3.96. The Bertz CT molecular complexity index is 413.